The Labute approximate surface area is 144 Å². The molecule has 3 heterocycles. The number of amides is 2. The van der Waals surface area contributed by atoms with Crippen molar-refractivity contribution in [3.05, 3.63) is 46.2 Å². The highest BCUT2D eigenvalue weighted by Crippen LogP contribution is 2.31. The summed E-state index contributed by atoms with van der Waals surface area (Å²) in [5, 5.41) is 6.72. The highest BCUT2D eigenvalue weighted by atomic mass is 32.1. The molecule has 1 aliphatic heterocycles. The van der Waals surface area contributed by atoms with Gasteiger partial charge in [0.25, 0.3) is 0 Å². The molecule has 0 aromatic carbocycles. The lowest BCUT2D eigenvalue weighted by Crippen LogP contribution is -2.32. The van der Waals surface area contributed by atoms with Crippen molar-refractivity contribution in [2.75, 3.05) is 6.54 Å². The Balaban J connectivity index is 1.71. The van der Waals surface area contributed by atoms with Crippen LogP contribution in [0.5, 0.6) is 0 Å². The average Bonchev–Trinajstić information content (AvgIpc) is 3.24. The molecule has 24 heavy (non-hydrogen) atoms. The van der Waals surface area contributed by atoms with Gasteiger partial charge in [-0.3, -0.25) is 19.6 Å². The predicted molar refractivity (Wildman–Crippen MR) is 91.3 cm³/mol. The topological polar surface area (TPSA) is 75.2 Å². The molecule has 1 N–H and O–H groups in total. The molecule has 3 rings (SSSR count). The van der Waals surface area contributed by atoms with Crippen LogP contribution in [0.3, 0.4) is 0 Å². The van der Waals surface area contributed by atoms with Crippen molar-refractivity contribution in [3.8, 4) is 0 Å². The van der Waals surface area contributed by atoms with Crippen molar-refractivity contribution in [1.29, 1.82) is 0 Å². The first-order chi connectivity index (χ1) is 11.6. The van der Waals surface area contributed by atoms with Crippen LogP contribution in [-0.2, 0) is 22.6 Å². The van der Waals surface area contributed by atoms with Crippen molar-refractivity contribution in [3.63, 3.8) is 0 Å². The summed E-state index contributed by atoms with van der Waals surface area (Å²) in [6, 6.07) is 1.96. The third kappa shape index (κ3) is 3.97. The monoisotopic (exact) mass is 344 g/mol. The van der Waals surface area contributed by atoms with E-state index in [2.05, 4.69) is 15.3 Å². The summed E-state index contributed by atoms with van der Waals surface area (Å²) < 4.78 is 0. The molecule has 0 aliphatic carbocycles. The number of thiophene rings is 1. The average molecular weight is 344 g/mol. The second-order valence-electron chi connectivity index (χ2n) is 5.90. The maximum atomic E-state index is 12.6. The molecule has 1 atom stereocenters. The molecule has 7 heteroatoms. The van der Waals surface area contributed by atoms with Crippen LogP contribution in [-0.4, -0.2) is 33.2 Å². The van der Waals surface area contributed by atoms with Gasteiger partial charge in [-0.2, -0.15) is 11.3 Å². The van der Waals surface area contributed by atoms with Crippen LogP contribution in [0.25, 0.3) is 0 Å². The Morgan fingerprint density at radius 1 is 1.42 bits per heavy atom. The van der Waals surface area contributed by atoms with Gasteiger partial charge in [0.2, 0.25) is 11.8 Å². The smallest absolute Gasteiger partial charge is 0.227 e. The highest BCUT2D eigenvalue weighted by Gasteiger charge is 2.31. The third-order valence-corrected chi connectivity index (χ3v) is 4.80. The quantitative estimate of drug-likeness (QED) is 0.901. The van der Waals surface area contributed by atoms with Crippen molar-refractivity contribution >= 4 is 23.2 Å². The molecule has 0 bridgehead atoms. The minimum absolute atomic E-state index is 0.0269. The molecular weight excluding hydrogens is 324 g/mol. The molecule has 1 fully saturated rings. The van der Waals surface area contributed by atoms with Gasteiger partial charge in [-0.25, -0.2) is 0 Å². The Kier molecular flexibility index (Phi) is 5.20. The number of likely N-dealkylation sites (tertiary alicyclic amines) is 1. The summed E-state index contributed by atoms with van der Waals surface area (Å²) in [5.74, 6) is 0.0283. The summed E-state index contributed by atoms with van der Waals surface area (Å²) >= 11 is 1.60. The van der Waals surface area contributed by atoms with E-state index in [4.69, 9.17) is 0 Å². The Bertz CT molecular complexity index is 717. The van der Waals surface area contributed by atoms with E-state index in [1.807, 2.05) is 21.7 Å². The lowest BCUT2D eigenvalue weighted by atomic mass is 10.1. The fourth-order valence-electron chi connectivity index (χ4n) is 2.93. The van der Waals surface area contributed by atoms with E-state index in [0.29, 0.717) is 18.7 Å². The number of hydrogen-bond acceptors (Lipinski definition) is 5. The van der Waals surface area contributed by atoms with Gasteiger partial charge in [-0.05, 0) is 35.2 Å². The van der Waals surface area contributed by atoms with Crippen LogP contribution < -0.4 is 5.32 Å². The number of carbonyl (C=O) groups is 2. The van der Waals surface area contributed by atoms with Gasteiger partial charge in [0.15, 0.2) is 0 Å². The van der Waals surface area contributed by atoms with Gasteiger partial charge in [0.05, 0.1) is 42.8 Å². The number of hydrogen-bond donors (Lipinski definition) is 1. The molecule has 0 saturated carbocycles. The van der Waals surface area contributed by atoms with Crippen LogP contribution in [0.4, 0.5) is 0 Å². The maximum Gasteiger partial charge on any atom is 0.227 e. The van der Waals surface area contributed by atoms with E-state index in [0.717, 1.165) is 30.6 Å². The number of nitrogens with one attached hydrogen (secondary N) is 1. The van der Waals surface area contributed by atoms with Gasteiger partial charge in [-0.15, -0.1) is 0 Å². The highest BCUT2D eigenvalue weighted by molar-refractivity contribution is 7.08. The van der Waals surface area contributed by atoms with E-state index < -0.39 is 0 Å². The van der Waals surface area contributed by atoms with Crippen LogP contribution in [0, 0.1) is 0 Å². The molecular formula is C17H20N4O2S. The molecule has 126 valence electrons. The van der Waals surface area contributed by atoms with E-state index in [1.165, 1.54) is 6.92 Å². The zero-order chi connectivity index (χ0) is 16.9. The van der Waals surface area contributed by atoms with E-state index in [9.17, 15) is 9.59 Å². The predicted octanol–water partition coefficient (Wildman–Crippen LogP) is 2.08. The molecule has 0 radical (unpaired) electrons. The third-order valence-electron chi connectivity index (χ3n) is 4.07. The SMILES string of the molecule is CC(=O)NCc1cncc([C@H]2CCCN2C(=O)Cc2ccsc2)n1. The molecule has 0 spiro atoms. The van der Waals surface area contributed by atoms with Gasteiger partial charge in [0, 0.05) is 13.5 Å². The molecule has 2 aromatic rings. The van der Waals surface area contributed by atoms with E-state index in [-0.39, 0.29) is 17.9 Å². The standard InChI is InChI=1S/C17H20N4O2S/c1-12(22)19-9-14-8-18-10-15(20-14)16-3-2-5-21(16)17(23)7-13-4-6-24-11-13/h4,6,8,10-11,16H,2-3,5,7,9H2,1H3,(H,19,22)/t16-/m1/s1. The fraction of sp³-hybridized carbons (Fsp3) is 0.412. The molecule has 1 saturated heterocycles. The largest absolute Gasteiger partial charge is 0.351 e. The van der Waals surface area contributed by atoms with Gasteiger partial charge in [-0.1, -0.05) is 0 Å². The van der Waals surface area contributed by atoms with Crippen LogP contribution in [0.15, 0.2) is 29.2 Å². The molecule has 6 nitrogen and oxygen atoms in total. The lowest BCUT2D eigenvalue weighted by molar-refractivity contribution is -0.131. The molecule has 0 unspecified atom stereocenters. The summed E-state index contributed by atoms with van der Waals surface area (Å²) in [6.45, 7) is 2.58. The first kappa shape index (κ1) is 16.6. The van der Waals surface area contributed by atoms with Gasteiger partial charge in [0.1, 0.15) is 0 Å². The van der Waals surface area contributed by atoms with Crippen LogP contribution >= 0.6 is 11.3 Å². The molecule has 2 aromatic heterocycles. The number of nitrogens with zero attached hydrogens (tertiary/aromatic N) is 3. The first-order valence-electron chi connectivity index (χ1n) is 7.99. The number of carbonyl (C=O) groups excluding carboxylic acids is 2. The summed E-state index contributed by atoms with van der Waals surface area (Å²) in [5.41, 5.74) is 2.56. The minimum atomic E-state index is -0.101. The maximum absolute atomic E-state index is 12.6. The molecule has 2 amide bonds. The van der Waals surface area contributed by atoms with Crippen molar-refractivity contribution in [2.24, 2.45) is 0 Å². The minimum Gasteiger partial charge on any atom is -0.351 e. The Hall–Kier alpha value is -2.28. The molecule has 1 aliphatic rings. The van der Waals surface area contributed by atoms with Crippen molar-refractivity contribution in [1.82, 2.24) is 20.2 Å². The zero-order valence-electron chi connectivity index (χ0n) is 13.6. The number of rotatable bonds is 5. The Morgan fingerprint density at radius 2 is 2.29 bits per heavy atom. The fourth-order valence-corrected chi connectivity index (χ4v) is 3.59. The van der Waals surface area contributed by atoms with Crippen molar-refractivity contribution < 1.29 is 9.59 Å². The van der Waals surface area contributed by atoms with E-state index in [1.54, 1.807) is 23.7 Å². The van der Waals surface area contributed by atoms with Crippen molar-refractivity contribution in [2.45, 2.75) is 38.8 Å². The summed E-state index contributed by atoms with van der Waals surface area (Å²) in [6.07, 6.45) is 5.66. The zero-order valence-corrected chi connectivity index (χ0v) is 14.4. The lowest BCUT2D eigenvalue weighted by Gasteiger charge is -2.24. The van der Waals surface area contributed by atoms with E-state index >= 15 is 0 Å². The van der Waals surface area contributed by atoms with Gasteiger partial charge < -0.3 is 10.2 Å². The van der Waals surface area contributed by atoms with Crippen LogP contribution in [0.1, 0.15) is 42.8 Å². The van der Waals surface area contributed by atoms with Gasteiger partial charge >= 0.3 is 0 Å². The van der Waals surface area contributed by atoms with Crippen LogP contribution in [0.2, 0.25) is 0 Å². The second kappa shape index (κ2) is 7.53. The second-order valence-corrected chi connectivity index (χ2v) is 6.68. The normalized spacial score (nSPS) is 17.0. The summed E-state index contributed by atoms with van der Waals surface area (Å²) in [7, 11) is 0. The summed E-state index contributed by atoms with van der Waals surface area (Å²) in [4.78, 5) is 34.4. The first-order valence-corrected chi connectivity index (χ1v) is 8.93. The Morgan fingerprint density at radius 3 is 3.04 bits per heavy atom. The number of aromatic nitrogens is 2.